The predicted molar refractivity (Wildman–Crippen MR) is 66.5 cm³/mol. The molecule has 0 atom stereocenters. The minimum Gasteiger partial charge on any atom is -0.741 e. The third kappa shape index (κ3) is 6.15. The molecule has 0 aromatic heterocycles. The Labute approximate surface area is 194 Å². The van der Waals surface area contributed by atoms with Gasteiger partial charge in [-0.15, -0.1) is 0 Å². The highest BCUT2D eigenvalue weighted by Crippen LogP contribution is 2.55. The molecular weight excluding hydrogens is 712 g/mol. The molecule has 1 aromatic rings. The van der Waals surface area contributed by atoms with Gasteiger partial charge in [0.1, 0.15) is 0 Å². The zero-order valence-electron chi connectivity index (χ0n) is 15.2. The summed E-state index contributed by atoms with van der Waals surface area (Å²) in [5.41, 5.74) is -5.65. The van der Waals surface area contributed by atoms with E-state index >= 15 is 0 Å². The normalized spacial score (nSPS) is 14.4. The number of hydrogen-bond acceptors (Lipinski definition) is 3. The molecule has 0 N–H and O–H groups in total. The minimum atomic E-state index is -7.86. The molecule has 36 heavy (non-hydrogen) atoms. The van der Waals surface area contributed by atoms with Crippen LogP contribution in [0.4, 0.5) is 83.4 Å². The van der Waals surface area contributed by atoms with Gasteiger partial charge in [-0.2, -0.15) is 70.2 Å². The van der Waals surface area contributed by atoms with Crippen molar-refractivity contribution in [2.45, 2.75) is 33.4 Å². The van der Waals surface area contributed by atoms with Crippen LogP contribution in [0.3, 0.4) is 0 Å². The Bertz CT molecular complexity index is 1050. The van der Waals surface area contributed by atoms with E-state index in [0.717, 1.165) is 0 Å². The van der Waals surface area contributed by atoms with Crippen molar-refractivity contribution in [1.29, 1.82) is 0 Å². The highest BCUT2D eigenvalue weighted by atomic mass is 127. The Morgan fingerprint density at radius 3 is 1.06 bits per heavy atom. The van der Waals surface area contributed by atoms with Gasteiger partial charge in [0.25, 0.3) is 3.57 Å². The fraction of sp³-hybridized carbons (Fsp3) is 0.500. The molecule has 0 aliphatic rings. The Morgan fingerprint density at radius 1 is 0.528 bits per heavy atom. The first-order chi connectivity index (χ1) is 15.4. The summed E-state index contributed by atoms with van der Waals surface area (Å²) in [5, 5.41) is 0. The molecule has 0 amide bonds. The molecular formula is C12F19IO3S. The van der Waals surface area contributed by atoms with Crippen LogP contribution in [0.5, 0.6) is 0 Å². The summed E-state index contributed by atoms with van der Waals surface area (Å²) >= 11 is -4.81. The van der Waals surface area contributed by atoms with Crippen LogP contribution in [-0.2, 0) is 10.1 Å². The summed E-state index contributed by atoms with van der Waals surface area (Å²) < 4.78 is 255. The summed E-state index contributed by atoms with van der Waals surface area (Å²) in [4.78, 5) is 0. The largest absolute Gasteiger partial charge is 0.741 e. The van der Waals surface area contributed by atoms with Crippen LogP contribution in [0.15, 0.2) is 0 Å². The summed E-state index contributed by atoms with van der Waals surface area (Å²) in [6.07, 6.45) is -7.46. The Balaban J connectivity index is 0.00000131. The van der Waals surface area contributed by atoms with Gasteiger partial charge in [0.15, 0.2) is 10.1 Å². The molecule has 212 valence electrons. The fourth-order valence-corrected chi connectivity index (χ4v) is 3.69. The maximum absolute atomic E-state index is 13.5. The molecule has 0 fully saturated rings. The molecule has 0 bridgehead atoms. The molecule has 0 spiro atoms. The fourth-order valence-electron chi connectivity index (χ4n) is 1.39. The summed E-state index contributed by atoms with van der Waals surface area (Å²) in [7, 11) is -6.09. The first kappa shape index (κ1) is 34.5. The van der Waals surface area contributed by atoms with Gasteiger partial charge < -0.3 is 4.55 Å². The maximum Gasteiger partial charge on any atom is 0.517 e. The lowest BCUT2D eigenvalue weighted by Crippen LogP contribution is -3.68. The first-order valence-electron chi connectivity index (χ1n) is 7.17. The van der Waals surface area contributed by atoms with E-state index in [1.54, 1.807) is 0 Å². The summed E-state index contributed by atoms with van der Waals surface area (Å²) in [5.74, 6) is -38.4. The van der Waals surface area contributed by atoms with Gasteiger partial charge in [0.2, 0.25) is 29.1 Å². The van der Waals surface area contributed by atoms with Crippen molar-refractivity contribution in [3.8, 4) is 0 Å². The van der Waals surface area contributed by atoms with E-state index in [9.17, 15) is 83.4 Å². The van der Waals surface area contributed by atoms with E-state index in [-0.39, 0.29) is 0 Å². The highest BCUT2D eigenvalue weighted by molar-refractivity contribution is 7.86. The number of alkyl halides is 15. The average Bonchev–Trinajstić information content (AvgIpc) is 2.65. The van der Waals surface area contributed by atoms with Gasteiger partial charge in [0.05, 0.1) is 0 Å². The van der Waals surface area contributed by atoms with E-state index in [1.807, 2.05) is 0 Å². The summed E-state index contributed by atoms with van der Waals surface area (Å²) in [6.45, 7) is 0. The second-order valence-electron chi connectivity index (χ2n) is 5.60. The Hall–Kier alpha value is -1.47. The van der Waals surface area contributed by atoms with Crippen LogP contribution >= 0.6 is 0 Å². The van der Waals surface area contributed by atoms with Crippen molar-refractivity contribution in [3.05, 3.63) is 32.7 Å². The zero-order chi connectivity index (χ0) is 29.7. The average molecular weight is 712 g/mol. The van der Waals surface area contributed by atoms with E-state index in [2.05, 4.69) is 0 Å². The molecule has 0 aliphatic carbocycles. The van der Waals surface area contributed by atoms with E-state index < -0.39 is 97.4 Å². The molecule has 0 unspecified atom stereocenters. The van der Waals surface area contributed by atoms with Crippen molar-refractivity contribution in [1.82, 2.24) is 0 Å². The molecule has 1 rings (SSSR count). The molecule has 1 aromatic carbocycles. The second-order valence-corrected chi connectivity index (χ2v) is 9.94. The van der Waals surface area contributed by atoms with E-state index in [1.165, 1.54) is 0 Å². The van der Waals surface area contributed by atoms with Crippen LogP contribution in [0.1, 0.15) is 0 Å². The van der Waals surface area contributed by atoms with Crippen molar-refractivity contribution >= 4 is 10.1 Å². The van der Waals surface area contributed by atoms with Crippen LogP contribution in [0.25, 0.3) is 0 Å². The second kappa shape index (κ2) is 10.0. The van der Waals surface area contributed by atoms with E-state index in [4.69, 9.17) is 13.0 Å². The first-order valence-corrected chi connectivity index (χ1v) is 10.7. The van der Waals surface area contributed by atoms with Gasteiger partial charge >= 0.3 is 54.6 Å². The maximum atomic E-state index is 13.5. The smallest absolute Gasteiger partial charge is 0.517 e. The van der Waals surface area contributed by atoms with Crippen LogP contribution < -0.4 is 21.2 Å². The third-order valence-corrected chi connectivity index (χ3v) is 6.56. The lowest BCUT2D eigenvalue weighted by atomic mass is 10.0. The van der Waals surface area contributed by atoms with Crippen molar-refractivity contribution < 1.29 is 118 Å². The standard InChI is InChI=1S/C11F16I.CHF3O3S/c12-1-2(13)4(15)6(5(16)3(1)14)28-11(26,27)9(21,22)7(17,18)8(19,20)10(23,24)25;2-1(3,4)8(5,6)7/h;(H,5,6,7)/q+1;/p-1. The molecule has 0 saturated carbocycles. The molecule has 24 heteroatoms. The third-order valence-electron chi connectivity index (χ3n) is 3.15. The zero-order valence-corrected chi connectivity index (χ0v) is 18.2. The molecule has 0 saturated heterocycles. The molecule has 3 nitrogen and oxygen atoms in total. The van der Waals surface area contributed by atoms with Gasteiger partial charge in [0, 0.05) is 0 Å². The topological polar surface area (TPSA) is 57.2 Å². The molecule has 0 radical (unpaired) electrons. The van der Waals surface area contributed by atoms with Gasteiger partial charge in [-0.25, -0.2) is 21.6 Å². The van der Waals surface area contributed by atoms with Gasteiger partial charge in [-0.1, -0.05) is 0 Å². The number of rotatable bonds is 5. The van der Waals surface area contributed by atoms with Crippen LogP contribution in [0, 0.1) is 32.7 Å². The minimum absolute atomic E-state index is 2.73. The highest BCUT2D eigenvalue weighted by Gasteiger charge is 2.91. The number of benzene rings is 1. The predicted octanol–water partition coefficient (Wildman–Crippen LogP) is 2.75. The van der Waals surface area contributed by atoms with Crippen molar-refractivity contribution in [2.24, 2.45) is 0 Å². The van der Waals surface area contributed by atoms with Gasteiger partial charge in [-0.05, 0) is 0 Å². The van der Waals surface area contributed by atoms with Crippen molar-refractivity contribution in [2.75, 3.05) is 0 Å². The summed E-state index contributed by atoms with van der Waals surface area (Å²) in [6, 6.07) is 0. The van der Waals surface area contributed by atoms with Crippen LogP contribution in [0.2, 0.25) is 0 Å². The van der Waals surface area contributed by atoms with E-state index in [0.29, 0.717) is 0 Å². The van der Waals surface area contributed by atoms with Crippen LogP contribution in [-0.4, -0.2) is 46.4 Å². The Morgan fingerprint density at radius 2 is 0.806 bits per heavy atom. The molecule has 0 aliphatic heterocycles. The van der Waals surface area contributed by atoms with Crippen molar-refractivity contribution in [3.63, 3.8) is 0 Å². The molecule has 0 heterocycles. The number of hydrogen-bond donors (Lipinski definition) is 0. The SMILES string of the molecule is Fc1c(F)c(F)c([I+]C(F)(F)C(F)(F)C(F)(F)C(F)(F)C(F)(F)F)c(F)c1F.O=S(=O)([O-])C(F)(F)F. The lowest BCUT2D eigenvalue weighted by Gasteiger charge is -2.33. The lowest BCUT2D eigenvalue weighted by molar-refractivity contribution is -0.794. The number of halogens is 20. The quantitative estimate of drug-likeness (QED) is 0.0899. The van der Waals surface area contributed by atoms with Gasteiger partial charge in [-0.3, -0.25) is 0 Å². The monoisotopic (exact) mass is 712 g/mol. The Kier molecular flexibility index (Phi) is 9.60.